The molecular weight excluding hydrogens is 400 g/mol. The van der Waals surface area contributed by atoms with Gasteiger partial charge in [-0.05, 0) is 58.0 Å². The zero-order chi connectivity index (χ0) is 21.9. The van der Waals surface area contributed by atoms with Crippen LogP contribution in [0.4, 0.5) is 5.82 Å². The van der Waals surface area contributed by atoms with Crippen molar-refractivity contribution in [3.05, 3.63) is 42.6 Å². The van der Waals surface area contributed by atoms with Crippen LogP contribution in [-0.4, -0.2) is 56.8 Å². The lowest BCUT2D eigenvalue weighted by atomic mass is 9.98. The van der Waals surface area contributed by atoms with Gasteiger partial charge in [0.2, 0.25) is 0 Å². The van der Waals surface area contributed by atoms with Gasteiger partial charge in [0.05, 0.1) is 29.8 Å². The second-order valence-electron chi connectivity index (χ2n) is 9.23. The Morgan fingerprint density at radius 1 is 1.03 bits per heavy atom. The summed E-state index contributed by atoms with van der Waals surface area (Å²) < 4.78 is 0. The fourth-order valence-electron chi connectivity index (χ4n) is 4.82. The summed E-state index contributed by atoms with van der Waals surface area (Å²) in [6, 6.07) is 4.49. The highest BCUT2D eigenvalue weighted by Gasteiger charge is 2.23. The Morgan fingerprint density at radius 2 is 1.84 bits per heavy atom. The van der Waals surface area contributed by atoms with Crippen LogP contribution >= 0.6 is 0 Å². The predicted octanol–water partition coefficient (Wildman–Crippen LogP) is 3.89. The number of hydrogen-bond donors (Lipinski definition) is 1. The zero-order valence-corrected chi connectivity index (χ0v) is 18.6. The Kier molecular flexibility index (Phi) is 6.08. The number of aromatic nitrogens is 4. The monoisotopic (exact) mass is 430 g/mol. The Bertz CT molecular complexity index is 1100. The molecule has 0 spiro atoms. The predicted molar refractivity (Wildman–Crippen MR) is 125 cm³/mol. The molecule has 4 heterocycles. The lowest BCUT2D eigenvalue weighted by Gasteiger charge is -2.29. The molecule has 0 aromatic carbocycles. The summed E-state index contributed by atoms with van der Waals surface area (Å²) >= 11 is 0. The second-order valence-corrected chi connectivity index (χ2v) is 9.23. The first kappa shape index (κ1) is 20.9. The third kappa shape index (κ3) is 4.78. The minimum Gasteiger partial charge on any atom is -0.366 e. The van der Waals surface area contributed by atoms with Crippen LogP contribution in [0.15, 0.2) is 36.9 Å². The number of ketones is 1. The lowest BCUT2D eigenvalue weighted by Crippen LogP contribution is -2.36. The molecule has 2 aliphatic rings. The van der Waals surface area contributed by atoms with Crippen LogP contribution in [0.25, 0.3) is 22.2 Å². The number of likely N-dealkylation sites (tertiary alicyclic amines) is 1. The van der Waals surface area contributed by atoms with Gasteiger partial charge in [0.1, 0.15) is 11.6 Å². The molecule has 1 aliphatic carbocycles. The van der Waals surface area contributed by atoms with Gasteiger partial charge in [-0.2, -0.15) is 0 Å². The van der Waals surface area contributed by atoms with E-state index in [2.05, 4.69) is 38.3 Å². The van der Waals surface area contributed by atoms with Crippen LogP contribution < -0.4 is 5.32 Å². The van der Waals surface area contributed by atoms with Crippen LogP contribution in [0, 0.1) is 5.92 Å². The topological polar surface area (TPSA) is 83.9 Å². The van der Waals surface area contributed by atoms with E-state index < -0.39 is 0 Å². The third-order valence-electron chi connectivity index (χ3n) is 6.79. The largest absolute Gasteiger partial charge is 0.366 e. The van der Waals surface area contributed by atoms with Gasteiger partial charge in [0, 0.05) is 41.2 Å². The maximum absolute atomic E-state index is 12.6. The van der Waals surface area contributed by atoms with Crippen molar-refractivity contribution in [3.63, 3.8) is 0 Å². The van der Waals surface area contributed by atoms with Crippen molar-refractivity contribution in [1.29, 1.82) is 0 Å². The van der Waals surface area contributed by atoms with Gasteiger partial charge in [-0.25, -0.2) is 4.98 Å². The van der Waals surface area contributed by atoms with E-state index in [-0.39, 0.29) is 5.92 Å². The third-order valence-corrected chi connectivity index (χ3v) is 6.79. The van der Waals surface area contributed by atoms with Crippen molar-refractivity contribution in [2.24, 2.45) is 5.92 Å². The van der Waals surface area contributed by atoms with Gasteiger partial charge in [0.25, 0.3) is 0 Å². The number of nitrogens with zero attached hydrogens (tertiary/aromatic N) is 5. The average molecular weight is 431 g/mol. The summed E-state index contributed by atoms with van der Waals surface area (Å²) in [6.07, 6.45) is 14.1. The Labute approximate surface area is 188 Å². The minimum atomic E-state index is 0.215. The van der Waals surface area contributed by atoms with E-state index in [1.165, 1.54) is 12.8 Å². The van der Waals surface area contributed by atoms with E-state index in [0.717, 1.165) is 72.4 Å². The standard InChI is InChI=1S/C25H30N6O/c1-31-8-6-20(7-9-31)29-25-16-26-14-23(30-25)19-10-18-11-21(27-15-22(18)28-13-19)12-24(32)17-4-2-3-5-17/h10-11,13-17,20H,2-9,12H2,1H3,(H,29,30). The number of pyridine rings is 2. The second kappa shape index (κ2) is 9.28. The molecule has 1 saturated carbocycles. The Morgan fingerprint density at radius 3 is 2.66 bits per heavy atom. The summed E-state index contributed by atoms with van der Waals surface area (Å²) in [4.78, 5) is 33.2. The molecule has 1 saturated heterocycles. The molecule has 3 aromatic rings. The minimum absolute atomic E-state index is 0.215. The molecule has 0 atom stereocenters. The number of fused-ring (bicyclic) bond motifs is 1. The fourth-order valence-corrected chi connectivity index (χ4v) is 4.82. The number of carbonyl (C=O) groups is 1. The van der Waals surface area contributed by atoms with Crippen molar-refractivity contribution in [3.8, 4) is 11.3 Å². The normalized spacial score (nSPS) is 18.3. The van der Waals surface area contributed by atoms with Gasteiger partial charge in [-0.3, -0.25) is 19.7 Å². The molecule has 7 heteroatoms. The van der Waals surface area contributed by atoms with Crippen LogP contribution in [0.2, 0.25) is 0 Å². The van der Waals surface area contributed by atoms with E-state index in [4.69, 9.17) is 4.98 Å². The number of piperidine rings is 1. The van der Waals surface area contributed by atoms with E-state index in [9.17, 15) is 4.79 Å². The zero-order valence-electron chi connectivity index (χ0n) is 18.6. The van der Waals surface area contributed by atoms with E-state index in [1.807, 2.05) is 12.3 Å². The summed E-state index contributed by atoms with van der Waals surface area (Å²) in [5.41, 5.74) is 3.34. The molecule has 1 N–H and O–H groups in total. The van der Waals surface area contributed by atoms with Crippen molar-refractivity contribution in [2.45, 2.75) is 51.0 Å². The molecule has 2 fully saturated rings. The number of anilines is 1. The van der Waals surface area contributed by atoms with Gasteiger partial charge < -0.3 is 10.2 Å². The average Bonchev–Trinajstić information content (AvgIpc) is 3.36. The molecule has 32 heavy (non-hydrogen) atoms. The van der Waals surface area contributed by atoms with Gasteiger partial charge in [-0.15, -0.1) is 0 Å². The van der Waals surface area contributed by atoms with Gasteiger partial charge >= 0.3 is 0 Å². The molecule has 5 rings (SSSR count). The maximum atomic E-state index is 12.6. The highest BCUT2D eigenvalue weighted by molar-refractivity contribution is 5.86. The van der Waals surface area contributed by atoms with Crippen molar-refractivity contribution in [1.82, 2.24) is 24.8 Å². The number of rotatable bonds is 6. The highest BCUT2D eigenvalue weighted by Crippen LogP contribution is 2.27. The van der Waals surface area contributed by atoms with Crippen LogP contribution in [0.3, 0.4) is 0 Å². The van der Waals surface area contributed by atoms with Gasteiger partial charge in [-0.1, -0.05) is 12.8 Å². The SMILES string of the molecule is CN1CCC(Nc2cncc(-c3cnc4cnc(CC(=O)C5CCCC5)cc4c3)n2)CC1. The number of hydrogen-bond acceptors (Lipinski definition) is 7. The van der Waals surface area contributed by atoms with Crippen LogP contribution in [0.5, 0.6) is 0 Å². The van der Waals surface area contributed by atoms with Crippen molar-refractivity contribution >= 4 is 22.5 Å². The molecule has 0 bridgehead atoms. The molecular formula is C25H30N6O. The summed E-state index contributed by atoms with van der Waals surface area (Å²) in [6.45, 7) is 2.19. The molecule has 0 amide bonds. The fraction of sp³-hybridized carbons (Fsp3) is 0.480. The summed E-state index contributed by atoms with van der Waals surface area (Å²) in [5.74, 6) is 1.33. The van der Waals surface area contributed by atoms with E-state index >= 15 is 0 Å². The van der Waals surface area contributed by atoms with E-state index in [1.54, 1.807) is 18.6 Å². The summed E-state index contributed by atoms with van der Waals surface area (Å²) in [7, 11) is 2.16. The molecule has 166 valence electrons. The molecule has 7 nitrogen and oxygen atoms in total. The molecule has 0 radical (unpaired) electrons. The first-order valence-electron chi connectivity index (χ1n) is 11.7. The molecule has 0 unspecified atom stereocenters. The van der Waals surface area contributed by atoms with Crippen molar-refractivity contribution in [2.75, 3.05) is 25.5 Å². The smallest absolute Gasteiger partial charge is 0.145 e. The quantitative estimate of drug-likeness (QED) is 0.635. The van der Waals surface area contributed by atoms with Crippen LogP contribution in [-0.2, 0) is 11.2 Å². The number of carbonyl (C=O) groups excluding carboxylic acids is 1. The molecule has 1 aliphatic heterocycles. The van der Waals surface area contributed by atoms with Crippen LogP contribution in [0.1, 0.15) is 44.2 Å². The maximum Gasteiger partial charge on any atom is 0.145 e. The Hall–Kier alpha value is -2.93. The first-order valence-corrected chi connectivity index (χ1v) is 11.7. The Balaban J connectivity index is 1.34. The lowest BCUT2D eigenvalue weighted by molar-refractivity contribution is -0.122. The van der Waals surface area contributed by atoms with Crippen molar-refractivity contribution < 1.29 is 4.79 Å². The number of nitrogens with one attached hydrogen (secondary N) is 1. The molecule has 3 aromatic heterocycles. The summed E-state index contributed by atoms with van der Waals surface area (Å²) in [5, 5.41) is 4.51. The number of Topliss-reactive ketones (excluding diaryl/α,β-unsaturated/α-hetero) is 1. The highest BCUT2D eigenvalue weighted by atomic mass is 16.1. The first-order chi connectivity index (χ1) is 15.6. The van der Waals surface area contributed by atoms with E-state index in [0.29, 0.717) is 18.2 Å². The van der Waals surface area contributed by atoms with Gasteiger partial charge in [0.15, 0.2) is 0 Å².